The van der Waals surface area contributed by atoms with Gasteiger partial charge in [0.2, 0.25) is 0 Å². The zero-order valence-electron chi connectivity index (χ0n) is 9.19. The first kappa shape index (κ1) is 12.0. The van der Waals surface area contributed by atoms with Crippen molar-refractivity contribution in [3.05, 3.63) is 35.5 Å². The molecule has 1 amide bonds. The van der Waals surface area contributed by atoms with Gasteiger partial charge >= 0.3 is 0 Å². The number of H-pyrrole nitrogens is 1. The summed E-state index contributed by atoms with van der Waals surface area (Å²) in [6, 6.07) is 5.72. The normalized spacial score (nSPS) is 18.4. The fourth-order valence-electron chi connectivity index (χ4n) is 2.35. The molecule has 1 aromatic carbocycles. The molecule has 0 unspecified atom stereocenters. The van der Waals surface area contributed by atoms with Crippen molar-refractivity contribution in [1.82, 2.24) is 10.3 Å². The van der Waals surface area contributed by atoms with Crippen molar-refractivity contribution in [2.24, 2.45) is 5.73 Å². The van der Waals surface area contributed by atoms with Gasteiger partial charge < -0.3 is 16.0 Å². The van der Waals surface area contributed by atoms with E-state index in [1.165, 1.54) is 0 Å². The summed E-state index contributed by atoms with van der Waals surface area (Å²) in [6.07, 6.45) is 1.96. The van der Waals surface area contributed by atoms with Gasteiger partial charge in [-0.25, -0.2) is 0 Å². The quantitative estimate of drug-likeness (QED) is 0.717. The van der Waals surface area contributed by atoms with Gasteiger partial charge in [-0.15, -0.1) is 12.4 Å². The zero-order valence-corrected chi connectivity index (χ0v) is 10.0. The molecule has 90 valence electrons. The Kier molecular flexibility index (Phi) is 3.09. The summed E-state index contributed by atoms with van der Waals surface area (Å²) in [5.74, 6) is 0.184. The number of rotatable bonds is 1. The lowest BCUT2D eigenvalue weighted by Crippen LogP contribution is -2.29. The van der Waals surface area contributed by atoms with Gasteiger partial charge in [-0.05, 0) is 17.7 Å². The molecular formula is C12H14ClN3O. The molecular weight excluding hydrogens is 238 g/mol. The number of hydrogen-bond donors (Lipinski definition) is 3. The predicted octanol–water partition coefficient (Wildman–Crippen LogP) is 1.38. The number of benzene rings is 1. The summed E-state index contributed by atoms with van der Waals surface area (Å²) >= 11 is 0. The molecule has 1 aliphatic rings. The Morgan fingerprint density at radius 1 is 1.41 bits per heavy atom. The van der Waals surface area contributed by atoms with E-state index >= 15 is 0 Å². The Morgan fingerprint density at radius 2 is 2.24 bits per heavy atom. The summed E-state index contributed by atoms with van der Waals surface area (Å²) in [5, 5.41) is 3.93. The summed E-state index contributed by atoms with van der Waals surface area (Å²) in [7, 11) is 0. The van der Waals surface area contributed by atoms with E-state index in [9.17, 15) is 4.79 Å². The molecule has 4 nitrogen and oxygen atoms in total. The second-order valence-electron chi connectivity index (χ2n) is 4.11. The maximum Gasteiger partial charge on any atom is 0.251 e. The fourth-order valence-corrected chi connectivity index (χ4v) is 2.35. The molecule has 0 radical (unpaired) electrons. The lowest BCUT2D eigenvalue weighted by molar-refractivity contribution is 0.0955. The molecule has 0 bridgehead atoms. The minimum absolute atomic E-state index is 0. The molecule has 0 spiro atoms. The number of amides is 1. The largest absolute Gasteiger partial charge is 0.361 e. The molecule has 2 heterocycles. The van der Waals surface area contributed by atoms with Crippen LogP contribution in [-0.4, -0.2) is 24.0 Å². The first-order valence-corrected chi connectivity index (χ1v) is 5.39. The molecule has 1 aliphatic heterocycles. The van der Waals surface area contributed by atoms with E-state index in [1.807, 2.05) is 24.4 Å². The van der Waals surface area contributed by atoms with E-state index < -0.39 is 0 Å². The van der Waals surface area contributed by atoms with Gasteiger partial charge in [-0.3, -0.25) is 4.79 Å². The molecule has 17 heavy (non-hydrogen) atoms. The highest BCUT2D eigenvalue weighted by Crippen LogP contribution is 2.30. The molecule has 2 aromatic rings. The van der Waals surface area contributed by atoms with Gasteiger partial charge in [0.15, 0.2) is 0 Å². The van der Waals surface area contributed by atoms with E-state index in [1.54, 1.807) is 0 Å². The van der Waals surface area contributed by atoms with Crippen LogP contribution in [0.15, 0.2) is 24.4 Å². The SMILES string of the molecule is Cl.NC[C@H]1CNC(=O)c2cccc3[nH]cc1c23. The van der Waals surface area contributed by atoms with Crippen LogP contribution in [0, 0.1) is 0 Å². The Labute approximate surface area is 105 Å². The molecule has 0 saturated carbocycles. The van der Waals surface area contributed by atoms with Gasteiger partial charge in [-0.1, -0.05) is 6.07 Å². The maximum absolute atomic E-state index is 11.9. The third-order valence-corrected chi connectivity index (χ3v) is 3.21. The topological polar surface area (TPSA) is 70.9 Å². The van der Waals surface area contributed by atoms with Crippen LogP contribution in [-0.2, 0) is 0 Å². The van der Waals surface area contributed by atoms with E-state index in [0.29, 0.717) is 13.1 Å². The zero-order chi connectivity index (χ0) is 11.1. The summed E-state index contributed by atoms with van der Waals surface area (Å²) in [6.45, 7) is 1.15. The Morgan fingerprint density at radius 3 is 3.00 bits per heavy atom. The number of nitrogens with one attached hydrogen (secondary N) is 2. The van der Waals surface area contributed by atoms with Crippen LogP contribution in [0.3, 0.4) is 0 Å². The molecule has 5 heteroatoms. The molecule has 0 fully saturated rings. The van der Waals surface area contributed by atoms with Gasteiger partial charge in [0.1, 0.15) is 0 Å². The van der Waals surface area contributed by atoms with E-state index in [-0.39, 0.29) is 24.2 Å². The highest BCUT2D eigenvalue weighted by molar-refractivity contribution is 6.08. The molecule has 0 aliphatic carbocycles. The summed E-state index contributed by atoms with van der Waals surface area (Å²) in [4.78, 5) is 15.1. The first-order chi connectivity index (χ1) is 7.81. The second-order valence-corrected chi connectivity index (χ2v) is 4.11. The average molecular weight is 252 g/mol. The molecule has 3 rings (SSSR count). The van der Waals surface area contributed by atoms with Crippen molar-refractivity contribution in [3.63, 3.8) is 0 Å². The van der Waals surface area contributed by atoms with Crippen LogP contribution in [0.5, 0.6) is 0 Å². The van der Waals surface area contributed by atoms with Crippen molar-refractivity contribution in [1.29, 1.82) is 0 Å². The summed E-state index contributed by atoms with van der Waals surface area (Å²) in [5.41, 5.74) is 8.63. The lowest BCUT2D eigenvalue weighted by Gasteiger charge is -2.10. The third kappa shape index (κ3) is 1.69. The summed E-state index contributed by atoms with van der Waals surface area (Å²) < 4.78 is 0. The van der Waals surface area contributed by atoms with E-state index in [0.717, 1.165) is 22.0 Å². The number of nitrogens with two attached hydrogens (primary N) is 1. The number of halogens is 1. The first-order valence-electron chi connectivity index (χ1n) is 5.39. The number of hydrogen-bond acceptors (Lipinski definition) is 2. The van der Waals surface area contributed by atoms with Crippen LogP contribution in [0.2, 0.25) is 0 Å². The average Bonchev–Trinajstić information content (AvgIpc) is 2.67. The predicted molar refractivity (Wildman–Crippen MR) is 69.7 cm³/mol. The third-order valence-electron chi connectivity index (χ3n) is 3.21. The van der Waals surface area contributed by atoms with E-state index in [4.69, 9.17) is 5.73 Å². The Balaban J connectivity index is 0.00000108. The van der Waals surface area contributed by atoms with Crippen LogP contribution in [0.25, 0.3) is 10.9 Å². The number of carbonyl (C=O) groups excluding carboxylic acids is 1. The smallest absolute Gasteiger partial charge is 0.251 e. The minimum atomic E-state index is -0.0117. The van der Waals surface area contributed by atoms with E-state index in [2.05, 4.69) is 10.3 Å². The van der Waals surface area contributed by atoms with Gasteiger partial charge in [-0.2, -0.15) is 0 Å². The number of carbonyl (C=O) groups is 1. The Hall–Kier alpha value is -1.52. The standard InChI is InChI=1S/C12H13N3O.ClH/c13-4-7-5-15-12(16)8-2-1-3-10-11(8)9(7)6-14-10;/h1-3,6-7,14H,4-5,13H2,(H,15,16);1H/t7-;/m0./s1. The van der Waals surface area contributed by atoms with Crippen molar-refractivity contribution in [3.8, 4) is 0 Å². The van der Waals surface area contributed by atoms with Gasteiger partial charge in [0.05, 0.1) is 0 Å². The van der Waals surface area contributed by atoms with Gasteiger partial charge in [0, 0.05) is 41.7 Å². The van der Waals surface area contributed by atoms with Crippen LogP contribution in [0.1, 0.15) is 21.8 Å². The monoisotopic (exact) mass is 251 g/mol. The molecule has 1 aromatic heterocycles. The van der Waals surface area contributed by atoms with Crippen molar-refractivity contribution >= 4 is 29.2 Å². The van der Waals surface area contributed by atoms with Crippen LogP contribution >= 0.6 is 12.4 Å². The number of aromatic amines is 1. The minimum Gasteiger partial charge on any atom is -0.361 e. The molecule has 0 saturated heterocycles. The fraction of sp³-hybridized carbons (Fsp3) is 0.250. The Bertz CT molecular complexity index is 564. The number of aromatic nitrogens is 1. The lowest BCUT2D eigenvalue weighted by atomic mass is 9.98. The molecule has 4 N–H and O–H groups in total. The van der Waals surface area contributed by atoms with Crippen LogP contribution in [0.4, 0.5) is 0 Å². The van der Waals surface area contributed by atoms with Crippen molar-refractivity contribution < 1.29 is 4.79 Å². The van der Waals surface area contributed by atoms with Crippen molar-refractivity contribution in [2.75, 3.05) is 13.1 Å². The van der Waals surface area contributed by atoms with Gasteiger partial charge in [0.25, 0.3) is 5.91 Å². The van der Waals surface area contributed by atoms with Crippen molar-refractivity contribution in [2.45, 2.75) is 5.92 Å². The highest BCUT2D eigenvalue weighted by Gasteiger charge is 2.23. The maximum atomic E-state index is 11.9. The molecule has 1 atom stereocenters. The second kappa shape index (κ2) is 4.39. The highest BCUT2D eigenvalue weighted by atomic mass is 35.5. The van der Waals surface area contributed by atoms with Crippen LogP contribution < -0.4 is 11.1 Å².